The Labute approximate surface area is 167 Å². The number of aryl methyl sites for hydroxylation is 1. The van der Waals surface area contributed by atoms with Gasteiger partial charge in [0, 0.05) is 18.1 Å². The highest BCUT2D eigenvalue weighted by atomic mass is 35.5. The summed E-state index contributed by atoms with van der Waals surface area (Å²) in [4.78, 5) is 2.96. The Bertz CT molecular complexity index is 827. The average Bonchev–Trinajstić information content (AvgIpc) is 3.01. The maximum atomic E-state index is 9.79. The van der Waals surface area contributed by atoms with Gasteiger partial charge in [-0.3, -0.25) is 4.90 Å². The summed E-state index contributed by atoms with van der Waals surface area (Å²) in [6.45, 7) is 0. The minimum Gasteiger partial charge on any atom is -0.497 e. The zero-order chi connectivity index (χ0) is 18.9. The molecule has 1 aromatic rings. The molecule has 0 spiro atoms. The van der Waals surface area contributed by atoms with Gasteiger partial charge in [-0.1, -0.05) is 17.7 Å². The van der Waals surface area contributed by atoms with Crippen molar-refractivity contribution in [3.63, 3.8) is 0 Å². The van der Waals surface area contributed by atoms with Gasteiger partial charge in [-0.25, -0.2) is 0 Å². The first-order valence-corrected chi connectivity index (χ1v) is 9.87. The van der Waals surface area contributed by atoms with E-state index in [1.165, 1.54) is 12.0 Å². The summed E-state index contributed by atoms with van der Waals surface area (Å²) in [5.41, 5.74) is 7.84. The van der Waals surface area contributed by atoms with E-state index in [9.17, 15) is 5.26 Å². The van der Waals surface area contributed by atoms with Crippen LogP contribution in [0.2, 0.25) is 0 Å². The second-order valence-corrected chi connectivity index (χ2v) is 8.26. The zero-order valence-electron chi connectivity index (χ0n) is 14.6. The predicted molar refractivity (Wildman–Crippen MR) is 109 cm³/mol. The molecule has 0 aromatic carbocycles. The Morgan fingerprint density at radius 2 is 2.19 bits per heavy atom. The third-order valence-corrected chi connectivity index (χ3v) is 6.71. The van der Waals surface area contributed by atoms with Gasteiger partial charge in [-0.05, 0) is 49.5 Å². The lowest BCUT2D eigenvalue weighted by Crippen LogP contribution is -2.54. The molecule has 8 heteroatoms. The predicted octanol–water partition coefficient (Wildman–Crippen LogP) is 3.60. The first-order valence-electron chi connectivity index (χ1n) is 8.27. The minimum absolute atomic E-state index is 0.145. The van der Waals surface area contributed by atoms with E-state index in [1.807, 2.05) is 6.08 Å². The summed E-state index contributed by atoms with van der Waals surface area (Å²) in [5, 5.41) is 9.45. The maximum absolute atomic E-state index is 9.79. The van der Waals surface area contributed by atoms with Crippen molar-refractivity contribution in [3.8, 4) is 6.07 Å². The van der Waals surface area contributed by atoms with E-state index in [0.29, 0.717) is 11.3 Å². The molecule has 2 N–H and O–H groups in total. The number of nitriles is 1. The second kappa shape index (κ2) is 7.57. The van der Waals surface area contributed by atoms with Gasteiger partial charge >= 0.3 is 0 Å². The molecule has 26 heavy (non-hydrogen) atoms. The van der Waals surface area contributed by atoms with Crippen LogP contribution in [0.1, 0.15) is 28.8 Å². The fourth-order valence-corrected chi connectivity index (χ4v) is 5.34. The van der Waals surface area contributed by atoms with E-state index in [2.05, 4.69) is 6.07 Å². The van der Waals surface area contributed by atoms with E-state index >= 15 is 0 Å². The Morgan fingerprint density at radius 3 is 2.81 bits per heavy atom. The highest BCUT2D eigenvalue weighted by molar-refractivity contribution is 7.80. The van der Waals surface area contributed by atoms with Crippen molar-refractivity contribution >= 4 is 45.3 Å². The van der Waals surface area contributed by atoms with Crippen LogP contribution in [0.5, 0.6) is 0 Å². The van der Waals surface area contributed by atoms with Gasteiger partial charge in [0.05, 0.1) is 12.7 Å². The zero-order valence-corrected chi connectivity index (χ0v) is 17.0. The van der Waals surface area contributed by atoms with Crippen molar-refractivity contribution in [2.24, 2.45) is 5.73 Å². The maximum Gasteiger partial charge on any atom is 0.188 e. The van der Waals surface area contributed by atoms with Crippen LogP contribution in [-0.4, -0.2) is 30.4 Å². The monoisotopic (exact) mass is 409 g/mol. The highest BCUT2D eigenvalue weighted by Crippen LogP contribution is 2.43. The second-order valence-electron chi connectivity index (χ2n) is 6.17. The number of thiophene rings is 1. The molecule has 1 heterocycles. The van der Waals surface area contributed by atoms with Crippen molar-refractivity contribution in [3.05, 3.63) is 40.0 Å². The number of hydrogen-bond donors (Lipinski definition) is 1. The van der Waals surface area contributed by atoms with E-state index in [4.69, 9.17) is 39.0 Å². The van der Waals surface area contributed by atoms with Gasteiger partial charge in [-0.2, -0.15) is 5.26 Å². The molecule has 0 saturated heterocycles. The van der Waals surface area contributed by atoms with Gasteiger partial charge in [0.15, 0.2) is 10.2 Å². The number of fused-ring (bicyclic) bond motifs is 1. The van der Waals surface area contributed by atoms with E-state index in [0.717, 1.165) is 36.2 Å². The third-order valence-electron chi connectivity index (χ3n) is 4.73. The largest absolute Gasteiger partial charge is 0.497 e. The molecule has 1 aromatic heterocycles. The van der Waals surface area contributed by atoms with E-state index < -0.39 is 11.1 Å². The van der Waals surface area contributed by atoms with Crippen molar-refractivity contribution in [2.45, 2.75) is 36.8 Å². The molecular weight excluding hydrogens is 390 g/mol. The summed E-state index contributed by atoms with van der Waals surface area (Å²) in [5.74, 6) is 0.590. The number of ether oxygens (including phenoxy) is 2. The molecule has 138 valence electrons. The number of alkyl halides is 1. The SMILES string of the molecule is COC1=CC(Cl)(OC)C(N(C(N)=S)c2sc3c(c2C#N)CCCC3)C=C1. The lowest BCUT2D eigenvalue weighted by atomic mass is 9.95. The molecule has 0 fully saturated rings. The van der Waals surface area contributed by atoms with Crippen LogP contribution < -0.4 is 10.6 Å². The smallest absolute Gasteiger partial charge is 0.188 e. The van der Waals surface area contributed by atoms with Gasteiger partial charge in [0.1, 0.15) is 22.9 Å². The number of hydrogen-bond acceptors (Lipinski definition) is 5. The lowest BCUT2D eigenvalue weighted by Gasteiger charge is -2.39. The quantitative estimate of drug-likeness (QED) is 0.605. The van der Waals surface area contributed by atoms with E-state index in [1.54, 1.807) is 35.5 Å². The van der Waals surface area contributed by atoms with Gasteiger partial charge in [-0.15, -0.1) is 11.3 Å². The van der Waals surface area contributed by atoms with Gasteiger partial charge in [0.2, 0.25) is 0 Å². The van der Waals surface area contributed by atoms with Crippen LogP contribution in [0, 0.1) is 11.3 Å². The van der Waals surface area contributed by atoms with Crippen molar-refractivity contribution in [2.75, 3.05) is 19.1 Å². The first-order chi connectivity index (χ1) is 12.4. The molecule has 5 nitrogen and oxygen atoms in total. The van der Waals surface area contributed by atoms with Gasteiger partial charge < -0.3 is 15.2 Å². The molecule has 2 aliphatic rings. The topological polar surface area (TPSA) is 71.5 Å². The van der Waals surface area contributed by atoms with Gasteiger partial charge in [0.25, 0.3) is 0 Å². The van der Waals surface area contributed by atoms with Crippen LogP contribution in [0.4, 0.5) is 5.00 Å². The van der Waals surface area contributed by atoms with Crippen LogP contribution in [0.15, 0.2) is 24.0 Å². The first kappa shape index (κ1) is 19.2. The molecular formula is C18H20ClN3O2S2. The molecule has 0 radical (unpaired) electrons. The summed E-state index contributed by atoms with van der Waals surface area (Å²) in [6, 6.07) is 1.85. The molecule has 0 aliphatic heterocycles. The number of thiocarbonyl (C=S) groups is 1. The number of halogens is 1. The number of nitrogens with zero attached hydrogens (tertiary/aromatic N) is 2. The van der Waals surface area contributed by atoms with Crippen LogP contribution >= 0.6 is 35.2 Å². The van der Waals surface area contributed by atoms with Crippen molar-refractivity contribution in [1.29, 1.82) is 5.26 Å². The molecule has 0 bridgehead atoms. The summed E-state index contributed by atoms with van der Waals surface area (Å²) < 4.78 is 10.8. The van der Waals surface area contributed by atoms with Crippen LogP contribution in [0.25, 0.3) is 0 Å². The third kappa shape index (κ3) is 3.23. The molecule has 2 aliphatic carbocycles. The number of nitrogens with two attached hydrogens (primary N) is 1. The fourth-order valence-electron chi connectivity index (χ4n) is 3.41. The number of allylic oxidation sites excluding steroid dienone is 1. The van der Waals surface area contributed by atoms with Crippen LogP contribution in [0.3, 0.4) is 0 Å². The normalized spacial score (nSPS) is 24.4. The molecule has 3 rings (SSSR count). The summed E-state index contributed by atoms with van der Waals surface area (Å²) in [7, 11) is 3.08. The van der Waals surface area contributed by atoms with Crippen molar-refractivity contribution in [1.82, 2.24) is 0 Å². The standard InChI is InChI=1S/C18H20ClN3O2S2/c1-23-11-7-8-15(18(19,9-11)24-2)22(17(21)25)16-13(10-20)12-5-3-4-6-14(12)26-16/h7-9,15H,3-6H2,1-2H3,(H2,21,25). The summed E-state index contributed by atoms with van der Waals surface area (Å²) in [6.07, 6.45) is 9.43. The highest BCUT2D eigenvalue weighted by Gasteiger charge is 2.43. The van der Waals surface area contributed by atoms with Crippen molar-refractivity contribution < 1.29 is 9.47 Å². The lowest BCUT2D eigenvalue weighted by molar-refractivity contribution is 0.0884. The number of methoxy groups -OCH3 is 2. The fraction of sp³-hybridized carbons (Fsp3) is 0.444. The number of anilines is 1. The Kier molecular flexibility index (Phi) is 5.58. The molecule has 2 unspecified atom stereocenters. The average molecular weight is 410 g/mol. The summed E-state index contributed by atoms with van der Waals surface area (Å²) >= 11 is 13.7. The minimum atomic E-state index is -1.22. The Hall–Kier alpha value is -1.59. The molecule has 0 saturated carbocycles. The molecule has 2 atom stereocenters. The van der Waals surface area contributed by atoms with E-state index in [-0.39, 0.29) is 5.11 Å². The Balaban J connectivity index is 2.11. The molecule has 0 amide bonds. The van der Waals surface area contributed by atoms with Crippen LogP contribution in [-0.2, 0) is 22.3 Å². The Morgan fingerprint density at radius 1 is 1.46 bits per heavy atom. The number of rotatable bonds is 4.